The van der Waals surface area contributed by atoms with Crippen LogP contribution in [0.3, 0.4) is 0 Å². The van der Waals surface area contributed by atoms with Gasteiger partial charge in [0.1, 0.15) is 0 Å². The van der Waals surface area contributed by atoms with E-state index in [4.69, 9.17) is 0 Å². The Balaban J connectivity index is 2.18. The molecule has 1 aliphatic heterocycles. The van der Waals surface area contributed by atoms with Crippen LogP contribution in [-0.2, 0) is 0 Å². The summed E-state index contributed by atoms with van der Waals surface area (Å²) in [4.78, 5) is 0. The number of hydrogen-bond donors (Lipinski definition) is 1. The van der Waals surface area contributed by atoms with Crippen LogP contribution in [0.25, 0.3) is 0 Å². The summed E-state index contributed by atoms with van der Waals surface area (Å²) >= 11 is 0. The Bertz CT molecular complexity index is 351. The second-order valence-corrected chi connectivity index (χ2v) is 4.25. The van der Waals surface area contributed by atoms with Crippen molar-refractivity contribution in [2.75, 3.05) is 6.54 Å². The van der Waals surface area contributed by atoms with Gasteiger partial charge in [-0.15, -0.1) is 0 Å². The van der Waals surface area contributed by atoms with Crippen LogP contribution in [0.5, 0.6) is 0 Å². The maximum atomic E-state index is 13.0. The lowest BCUT2D eigenvalue weighted by Crippen LogP contribution is -2.34. The predicted octanol–water partition coefficient (Wildman–Crippen LogP) is 2.82. The van der Waals surface area contributed by atoms with Crippen molar-refractivity contribution in [1.82, 2.24) is 5.32 Å². The lowest BCUT2D eigenvalue weighted by atomic mass is 9.87. The minimum absolute atomic E-state index is 0.358. The summed E-state index contributed by atoms with van der Waals surface area (Å²) in [6.45, 7) is 3.07. The van der Waals surface area contributed by atoms with E-state index in [-0.39, 0.29) is 0 Å². The molecular formula is C12H15F2N. The Labute approximate surface area is 88.5 Å². The second-order valence-electron chi connectivity index (χ2n) is 4.25. The highest BCUT2D eigenvalue weighted by Gasteiger charge is 2.20. The standard InChI is InChI=1S/C12H15F2N/c1-8-6-10(4-5-15-8)9-2-3-11(13)12(14)7-9/h2-3,7-8,10,15H,4-6H2,1H3. The van der Waals surface area contributed by atoms with E-state index in [0.29, 0.717) is 12.0 Å². The van der Waals surface area contributed by atoms with E-state index >= 15 is 0 Å². The number of nitrogens with one attached hydrogen (secondary N) is 1. The van der Waals surface area contributed by atoms with Gasteiger partial charge >= 0.3 is 0 Å². The van der Waals surface area contributed by atoms with E-state index < -0.39 is 11.6 Å². The zero-order valence-corrected chi connectivity index (χ0v) is 8.76. The first-order valence-electron chi connectivity index (χ1n) is 5.35. The van der Waals surface area contributed by atoms with Gasteiger partial charge < -0.3 is 5.32 Å². The molecule has 1 nitrogen and oxygen atoms in total. The van der Waals surface area contributed by atoms with E-state index in [9.17, 15) is 8.78 Å². The van der Waals surface area contributed by atoms with Crippen LogP contribution in [0.4, 0.5) is 8.78 Å². The fraction of sp³-hybridized carbons (Fsp3) is 0.500. The van der Waals surface area contributed by atoms with Crippen molar-refractivity contribution in [1.29, 1.82) is 0 Å². The maximum Gasteiger partial charge on any atom is 0.159 e. The van der Waals surface area contributed by atoms with Crippen LogP contribution in [0, 0.1) is 11.6 Å². The van der Waals surface area contributed by atoms with Crippen LogP contribution < -0.4 is 5.32 Å². The summed E-state index contributed by atoms with van der Waals surface area (Å²) in [5.41, 5.74) is 0.919. The molecule has 0 spiro atoms. The summed E-state index contributed by atoms with van der Waals surface area (Å²) in [6.07, 6.45) is 1.99. The summed E-state index contributed by atoms with van der Waals surface area (Å²) in [5.74, 6) is -1.14. The van der Waals surface area contributed by atoms with Gasteiger partial charge in [0.2, 0.25) is 0 Å². The average Bonchev–Trinajstić information content (AvgIpc) is 2.22. The SMILES string of the molecule is CC1CC(c2ccc(F)c(F)c2)CCN1. The Morgan fingerprint density at radius 1 is 1.27 bits per heavy atom. The molecule has 1 N–H and O–H groups in total. The highest BCUT2D eigenvalue weighted by Crippen LogP contribution is 2.28. The van der Waals surface area contributed by atoms with Crippen molar-refractivity contribution in [3.05, 3.63) is 35.4 Å². The van der Waals surface area contributed by atoms with Crippen molar-refractivity contribution < 1.29 is 8.78 Å². The van der Waals surface area contributed by atoms with Gasteiger partial charge in [0, 0.05) is 6.04 Å². The highest BCUT2D eigenvalue weighted by molar-refractivity contribution is 5.22. The summed E-state index contributed by atoms with van der Waals surface area (Å²) in [5, 5.41) is 3.34. The third kappa shape index (κ3) is 2.34. The summed E-state index contributed by atoms with van der Waals surface area (Å²) in [6, 6.07) is 4.70. The normalized spacial score (nSPS) is 26.6. The molecule has 15 heavy (non-hydrogen) atoms. The van der Waals surface area contributed by atoms with Crippen molar-refractivity contribution in [3.63, 3.8) is 0 Å². The molecule has 0 bridgehead atoms. The number of benzene rings is 1. The van der Waals surface area contributed by atoms with E-state index in [2.05, 4.69) is 12.2 Å². The Morgan fingerprint density at radius 2 is 2.07 bits per heavy atom. The Kier molecular flexibility index (Phi) is 3.00. The first kappa shape index (κ1) is 10.6. The van der Waals surface area contributed by atoms with Crippen molar-refractivity contribution >= 4 is 0 Å². The van der Waals surface area contributed by atoms with Gasteiger partial charge in [0.05, 0.1) is 0 Å². The number of rotatable bonds is 1. The first-order valence-corrected chi connectivity index (χ1v) is 5.35. The molecule has 1 aromatic carbocycles. The molecule has 2 atom stereocenters. The number of halogens is 2. The third-order valence-corrected chi connectivity index (χ3v) is 3.04. The predicted molar refractivity (Wildman–Crippen MR) is 55.8 cm³/mol. The lowest BCUT2D eigenvalue weighted by Gasteiger charge is -2.28. The molecule has 1 fully saturated rings. The van der Waals surface area contributed by atoms with Crippen LogP contribution >= 0.6 is 0 Å². The topological polar surface area (TPSA) is 12.0 Å². The van der Waals surface area contributed by atoms with Crippen molar-refractivity contribution in [3.8, 4) is 0 Å². The molecule has 0 radical (unpaired) electrons. The fourth-order valence-corrected chi connectivity index (χ4v) is 2.20. The van der Waals surface area contributed by atoms with E-state index in [1.807, 2.05) is 0 Å². The average molecular weight is 211 g/mol. The lowest BCUT2D eigenvalue weighted by molar-refractivity contribution is 0.379. The molecule has 0 aliphatic carbocycles. The highest BCUT2D eigenvalue weighted by atomic mass is 19.2. The monoisotopic (exact) mass is 211 g/mol. The quantitative estimate of drug-likeness (QED) is 0.753. The molecular weight excluding hydrogens is 196 g/mol. The zero-order chi connectivity index (χ0) is 10.8. The van der Waals surface area contributed by atoms with Crippen molar-refractivity contribution in [2.45, 2.75) is 31.7 Å². The number of hydrogen-bond acceptors (Lipinski definition) is 1. The molecule has 0 aromatic heterocycles. The van der Waals surface area contributed by atoms with Gasteiger partial charge in [-0.05, 0) is 49.9 Å². The van der Waals surface area contributed by atoms with Crippen LogP contribution in [0.1, 0.15) is 31.2 Å². The smallest absolute Gasteiger partial charge is 0.159 e. The van der Waals surface area contributed by atoms with Gasteiger partial charge in [-0.1, -0.05) is 6.07 Å². The minimum atomic E-state index is -0.763. The van der Waals surface area contributed by atoms with Gasteiger partial charge in [-0.3, -0.25) is 0 Å². The van der Waals surface area contributed by atoms with Gasteiger partial charge in [-0.25, -0.2) is 8.78 Å². The zero-order valence-electron chi connectivity index (χ0n) is 8.76. The molecule has 1 saturated heterocycles. The number of piperidine rings is 1. The molecule has 1 heterocycles. The first-order chi connectivity index (χ1) is 7.16. The second kappa shape index (κ2) is 4.27. The third-order valence-electron chi connectivity index (χ3n) is 3.04. The van der Waals surface area contributed by atoms with Gasteiger partial charge in [0.15, 0.2) is 11.6 Å². The molecule has 2 unspecified atom stereocenters. The van der Waals surface area contributed by atoms with Gasteiger partial charge in [0.25, 0.3) is 0 Å². The molecule has 1 aliphatic rings. The van der Waals surface area contributed by atoms with Crippen molar-refractivity contribution in [2.24, 2.45) is 0 Å². The van der Waals surface area contributed by atoms with E-state index in [1.54, 1.807) is 6.07 Å². The summed E-state index contributed by atoms with van der Waals surface area (Å²) in [7, 11) is 0. The maximum absolute atomic E-state index is 13.0. The van der Waals surface area contributed by atoms with E-state index in [1.165, 1.54) is 12.1 Å². The minimum Gasteiger partial charge on any atom is -0.314 e. The largest absolute Gasteiger partial charge is 0.314 e. The molecule has 2 rings (SSSR count). The molecule has 3 heteroatoms. The Morgan fingerprint density at radius 3 is 2.73 bits per heavy atom. The molecule has 1 aromatic rings. The molecule has 0 amide bonds. The van der Waals surface area contributed by atoms with Gasteiger partial charge in [-0.2, -0.15) is 0 Å². The molecule has 0 saturated carbocycles. The Hall–Kier alpha value is -0.960. The summed E-state index contributed by atoms with van der Waals surface area (Å²) < 4.78 is 25.8. The van der Waals surface area contributed by atoms with Crippen LogP contribution in [0.2, 0.25) is 0 Å². The fourth-order valence-electron chi connectivity index (χ4n) is 2.20. The van der Waals surface area contributed by atoms with Crippen LogP contribution in [0.15, 0.2) is 18.2 Å². The van der Waals surface area contributed by atoms with E-state index in [0.717, 1.165) is 24.9 Å². The van der Waals surface area contributed by atoms with Crippen LogP contribution in [-0.4, -0.2) is 12.6 Å². The molecule has 82 valence electrons.